The number of nitriles is 1. The van der Waals surface area contributed by atoms with E-state index in [9.17, 15) is 14.9 Å². The molecule has 1 heterocycles. The Bertz CT molecular complexity index is 666. The van der Waals surface area contributed by atoms with Crippen LogP contribution in [-0.4, -0.2) is 35.6 Å². The van der Waals surface area contributed by atoms with Crippen LogP contribution in [0.3, 0.4) is 0 Å². The van der Waals surface area contributed by atoms with Crippen molar-refractivity contribution in [1.29, 1.82) is 5.26 Å². The van der Waals surface area contributed by atoms with Crippen LogP contribution in [-0.2, 0) is 9.59 Å². The topological polar surface area (TPSA) is 94.9 Å². The fourth-order valence-electron chi connectivity index (χ4n) is 1.92. The minimum absolute atomic E-state index is 0.0351. The number of thioether (sulfide) groups is 1. The standard InChI is InChI=1S/C17H24N4O2S/c1-10(2)16(23)20-7-6-19-15(22)9-24-17-14(8-18)12(4)11(3)13(5)21-17/h10H,6-7,9H2,1-5H3,(H,19,22)(H,20,23). The van der Waals surface area contributed by atoms with Gasteiger partial charge in [-0.3, -0.25) is 9.59 Å². The minimum atomic E-state index is -0.152. The van der Waals surface area contributed by atoms with E-state index in [4.69, 9.17) is 0 Å². The van der Waals surface area contributed by atoms with Gasteiger partial charge in [-0.2, -0.15) is 5.26 Å². The first kappa shape index (κ1) is 20.0. The monoisotopic (exact) mass is 348 g/mol. The lowest BCUT2D eigenvalue weighted by Gasteiger charge is -2.11. The number of amides is 2. The molecule has 0 spiro atoms. The van der Waals surface area contributed by atoms with Crippen LogP contribution in [0.5, 0.6) is 0 Å². The second-order valence-electron chi connectivity index (χ2n) is 5.82. The van der Waals surface area contributed by atoms with Gasteiger partial charge in [0.05, 0.1) is 11.3 Å². The molecule has 24 heavy (non-hydrogen) atoms. The van der Waals surface area contributed by atoms with Gasteiger partial charge in [-0.1, -0.05) is 25.6 Å². The molecule has 0 radical (unpaired) electrons. The van der Waals surface area contributed by atoms with Gasteiger partial charge in [0.25, 0.3) is 0 Å². The molecule has 0 saturated carbocycles. The largest absolute Gasteiger partial charge is 0.354 e. The Kier molecular flexibility index (Phi) is 7.72. The van der Waals surface area contributed by atoms with Gasteiger partial charge >= 0.3 is 0 Å². The van der Waals surface area contributed by atoms with Gasteiger partial charge in [0.1, 0.15) is 11.1 Å². The Morgan fingerprint density at radius 3 is 2.38 bits per heavy atom. The molecule has 1 rings (SSSR count). The number of nitrogens with zero attached hydrogens (tertiary/aromatic N) is 2. The maximum atomic E-state index is 11.9. The average molecular weight is 348 g/mol. The number of nitrogens with one attached hydrogen (secondary N) is 2. The normalized spacial score (nSPS) is 10.4. The fraction of sp³-hybridized carbons (Fsp3) is 0.529. The third-order valence-electron chi connectivity index (χ3n) is 3.69. The molecule has 130 valence electrons. The number of hydrogen-bond donors (Lipinski definition) is 2. The van der Waals surface area contributed by atoms with Crippen molar-refractivity contribution in [3.05, 3.63) is 22.4 Å². The molecule has 0 aromatic carbocycles. The highest BCUT2D eigenvalue weighted by Crippen LogP contribution is 2.26. The summed E-state index contributed by atoms with van der Waals surface area (Å²) in [6, 6.07) is 2.17. The first-order valence-corrected chi connectivity index (χ1v) is 8.81. The van der Waals surface area contributed by atoms with Gasteiger partial charge in [0.15, 0.2) is 0 Å². The molecule has 0 aliphatic rings. The van der Waals surface area contributed by atoms with Crippen LogP contribution >= 0.6 is 11.8 Å². The third kappa shape index (κ3) is 5.53. The van der Waals surface area contributed by atoms with Crippen molar-refractivity contribution in [3.63, 3.8) is 0 Å². The van der Waals surface area contributed by atoms with Gasteiger partial charge in [0, 0.05) is 24.7 Å². The van der Waals surface area contributed by atoms with Crippen molar-refractivity contribution in [2.45, 2.75) is 39.6 Å². The summed E-state index contributed by atoms with van der Waals surface area (Å²) in [6.45, 7) is 10.1. The van der Waals surface area contributed by atoms with Gasteiger partial charge in [-0.05, 0) is 31.9 Å². The number of carbonyl (C=O) groups is 2. The Morgan fingerprint density at radius 1 is 1.17 bits per heavy atom. The van der Waals surface area contributed by atoms with Crippen molar-refractivity contribution < 1.29 is 9.59 Å². The van der Waals surface area contributed by atoms with E-state index in [1.807, 2.05) is 34.6 Å². The van der Waals surface area contributed by atoms with Crippen molar-refractivity contribution >= 4 is 23.6 Å². The Hall–Kier alpha value is -2.07. The molecule has 2 N–H and O–H groups in total. The second-order valence-corrected chi connectivity index (χ2v) is 6.79. The van der Waals surface area contributed by atoms with E-state index < -0.39 is 0 Å². The van der Waals surface area contributed by atoms with Gasteiger partial charge < -0.3 is 10.6 Å². The summed E-state index contributed by atoms with van der Waals surface area (Å²) in [5.41, 5.74) is 3.30. The van der Waals surface area contributed by atoms with E-state index in [1.54, 1.807) is 0 Å². The van der Waals surface area contributed by atoms with E-state index in [1.165, 1.54) is 11.8 Å². The minimum Gasteiger partial charge on any atom is -0.354 e. The van der Waals surface area contributed by atoms with E-state index in [2.05, 4.69) is 21.7 Å². The molecule has 0 atom stereocenters. The quantitative estimate of drug-likeness (QED) is 0.579. The third-order valence-corrected chi connectivity index (χ3v) is 4.66. The van der Waals surface area contributed by atoms with Crippen molar-refractivity contribution in [2.75, 3.05) is 18.8 Å². The molecule has 6 nitrogen and oxygen atoms in total. The molecule has 7 heteroatoms. The second kappa shape index (κ2) is 9.28. The van der Waals surface area contributed by atoms with Gasteiger partial charge in [-0.15, -0.1) is 0 Å². The molecule has 1 aromatic heterocycles. The fourth-order valence-corrected chi connectivity index (χ4v) is 2.84. The number of rotatable bonds is 7. The summed E-state index contributed by atoms with van der Waals surface area (Å²) in [7, 11) is 0. The lowest BCUT2D eigenvalue weighted by molar-refractivity contribution is -0.124. The average Bonchev–Trinajstić information content (AvgIpc) is 2.54. The van der Waals surface area contributed by atoms with Gasteiger partial charge in [-0.25, -0.2) is 4.98 Å². The van der Waals surface area contributed by atoms with Crippen molar-refractivity contribution in [2.24, 2.45) is 5.92 Å². The molecule has 0 saturated heterocycles. The summed E-state index contributed by atoms with van der Waals surface area (Å²) < 4.78 is 0. The number of aryl methyl sites for hydroxylation is 1. The van der Waals surface area contributed by atoms with Crippen LogP contribution in [0, 0.1) is 38.0 Å². The van der Waals surface area contributed by atoms with Crippen LogP contribution in [0.15, 0.2) is 5.03 Å². The van der Waals surface area contributed by atoms with Crippen molar-refractivity contribution in [1.82, 2.24) is 15.6 Å². The van der Waals surface area contributed by atoms with Crippen LogP contribution in [0.4, 0.5) is 0 Å². The summed E-state index contributed by atoms with van der Waals surface area (Å²) in [6.07, 6.45) is 0. The number of aromatic nitrogens is 1. The molecule has 2 amide bonds. The van der Waals surface area contributed by atoms with Crippen LogP contribution in [0.2, 0.25) is 0 Å². The van der Waals surface area contributed by atoms with E-state index in [0.717, 1.165) is 16.8 Å². The van der Waals surface area contributed by atoms with Crippen LogP contribution < -0.4 is 10.6 Å². The predicted octanol–water partition coefficient (Wildman–Crippen LogP) is 1.86. The first-order valence-electron chi connectivity index (χ1n) is 7.83. The van der Waals surface area contributed by atoms with Gasteiger partial charge in [0.2, 0.25) is 11.8 Å². The number of pyridine rings is 1. The molecule has 0 fully saturated rings. The predicted molar refractivity (Wildman–Crippen MR) is 94.7 cm³/mol. The molecule has 0 bridgehead atoms. The smallest absolute Gasteiger partial charge is 0.230 e. The summed E-state index contributed by atoms with van der Waals surface area (Å²) in [5, 5.41) is 15.4. The highest BCUT2D eigenvalue weighted by atomic mass is 32.2. The first-order chi connectivity index (χ1) is 11.3. The number of carbonyl (C=O) groups excluding carboxylic acids is 2. The lowest BCUT2D eigenvalue weighted by atomic mass is 10.1. The maximum Gasteiger partial charge on any atom is 0.230 e. The molecule has 0 unspecified atom stereocenters. The SMILES string of the molecule is Cc1nc(SCC(=O)NCCNC(=O)C(C)C)c(C#N)c(C)c1C. The van der Waals surface area contributed by atoms with Crippen molar-refractivity contribution in [3.8, 4) is 6.07 Å². The molecule has 0 aliphatic heterocycles. The van der Waals surface area contributed by atoms with E-state index >= 15 is 0 Å². The zero-order valence-electron chi connectivity index (χ0n) is 14.8. The molecule has 1 aromatic rings. The summed E-state index contributed by atoms with van der Waals surface area (Å²) in [4.78, 5) is 27.7. The molecule has 0 aliphatic carbocycles. The highest BCUT2D eigenvalue weighted by molar-refractivity contribution is 8.00. The Balaban J connectivity index is 2.51. The highest BCUT2D eigenvalue weighted by Gasteiger charge is 2.14. The summed E-state index contributed by atoms with van der Waals surface area (Å²) in [5.74, 6) is -0.0749. The van der Waals surface area contributed by atoms with Crippen LogP contribution in [0.1, 0.15) is 36.2 Å². The molecular weight excluding hydrogens is 324 g/mol. The van der Waals surface area contributed by atoms with E-state index in [-0.39, 0.29) is 23.5 Å². The summed E-state index contributed by atoms with van der Waals surface area (Å²) >= 11 is 1.25. The maximum absolute atomic E-state index is 11.9. The van der Waals surface area contributed by atoms with E-state index in [0.29, 0.717) is 23.7 Å². The molecular formula is C17H24N4O2S. The lowest BCUT2D eigenvalue weighted by Crippen LogP contribution is -2.37. The number of hydrogen-bond acceptors (Lipinski definition) is 5. The zero-order valence-corrected chi connectivity index (χ0v) is 15.6. The Labute approximate surface area is 147 Å². The Morgan fingerprint density at radius 2 is 1.79 bits per heavy atom. The van der Waals surface area contributed by atoms with Crippen LogP contribution in [0.25, 0.3) is 0 Å². The zero-order chi connectivity index (χ0) is 18.3.